The van der Waals surface area contributed by atoms with Crippen LogP contribution in [0.1, 0.15) is 12.5 Å². The topological polar surface area (TPSA) is 81.4 Å². The zero-order valence-corrected chi connectivity index (χ0v) is 20.9. The molecule has 198 valence electrons. The Kier molecular flexibility index (Phi) is 8.35. The number of aromatic nitrogens is 3. The Labute approximate surface area is 216 Å². The molecule has 1 atom stereocenters. The van der Waals surface area contributed by atoms with Crippen LogP contribution in [0, 0.1) is 0 Å². The first-order valence-electron chi connectivity index (χ1n) is 11.8. The number of amides is 1. The number of nitrogens with zero attached hydrogens (tertiary/aromatic N) is 4. The second kappa shape index (κ2) is 11.5. The molecule has 0 saturated carbocycles. The fraction of sp³-hybridized carbons (Fsp3) is 0.400. The molecule has 12 heteroatoms. The van der Waals surface area contributed by atoms with Crippen LogP contribution in [0.5, 0.6) is 0 Å². The summed E-state index contributed by atoms with van der Waals surface area (Å²) in [6.07, 6.45) is -3.78. The second-order valence-electron chi connectivity index (χ2n) is 8.82. The van der Waals surface area contributed by atoms with E-state index in [4.69, 9.17) is 16.3 Å². The quantitative estimate of drug-likeness (QED) is 0.477. The van der Waals surface area contributed by atoms with Crippen LogP contribution in [0.25, 0.3) is 17.1 Å². The van der Waals surface area contributed by atoms with E-state index in [1.165, 1.54) is 0 Å². The van der Waals surface area contributed by atoms with Crippen LogP contribution < -0.4 is 11.0 Å². The molecular formula is C25H27ClF3N5O3. The molecule has 0 spiro atoms. The molecule has 4 rings (SSSR count). The summed E-state index contributed by atoms with van der Waals surface area (Å²) in [4.78, 5) is 28.0. The van der Waals surface area contributed by atoms with Crippen molar-refractivity contribution in [3.63, 3.8) is 0 Å². The summed E-state index contributed by atoms with van der Waals surface area (Å²) in [7, 11) is 0. The van der Waals surface area contributed by atoms with Gasteiger partial charge in [-0.25, -0.2) is 4.79 Å². The van der Waals surface area contributed by atoms with Crippen molar-refractivity contribution in [2.75, 3.05) is 32.8 Å². The Morgan fingerprint density at radius 2 is 1.86 bits per heavy atom. The standard InChI is InChI=1S/C25H27ClF3N5O3/c1-17(25(27,28)29)30-22(35)16-33-23(19-3-2-4-20(26)15-19)31-34(24(33)36)21-7-5-18(6-8-21)9-10-32-11-13-37-14-12-32/h2-8,15,17H,9-14,16H2,1H3,(H,30,35). The van der Waals surface area contributed by atoms with Crippen LogP contribution >= 0.6 is 11.6 Å². The lowest BCUT2D eigenvalue weighted by Crippen LogP contribution is -2.45. The summed E-state index contributed by atoms with van der Waals surface area (Å²) in [6, 6.07) is 11.7. The van der Waals surface area contributed by atoms with Gasteiger partial charge in [-0.3, -0.25) is 14.3 Å². The third kappa shape index (κ3) is 6.79. The normalized spacial score (nSPS) is 15.5. The van der Waals surface area contributed by atoms with Gasteiger partial charge >= 0.3 is 11.9 Å². The highest BCUT2D eigenvalue weighted by molar-refractivity contribution is 6.30. The van der Waals surface area contributed by atoms with Gasteiger partial charge in [-0.15, -0.1) is 5.10 Å². The Hall–Kier alpha value is -3.15. The summed E-state index contributed by atoms with van der Waals surface area (Å²) < 4.78 is 46.3. The minimum absolute atomic E-state index is 0.110. The van der Waals surface area contributed by atoms with Crippen molar-refractivity contribution in [3.8, 4) is 17.1 Å². The molecule has 2 aromatic carbocycles. The number of morpholine rings is 1. The highest BCUT2D eigenvalue weighted by Crippen LogP contribution is 2.22. The molecule has 1 unspecified atom stereocenters. The number of rotatable bonds is 8. The Morgan fingerprint density at radius 1 is 1.16 bits per heavy atom. The number of benzene rings is 2. The van der Waals surface area contributed by atoms with Crippen LogP contribution in [-0.4, -0.2) is 70.2 Å². The fourth-order valence-electron chi connectivity index (χ4n) is 3.98. The number of nitrogens with one attached hydrogen (secondary N) is 1. The molecule has 0 radical (unpaired) electrons. The Morgan fingerprint density at radius 3 is 2.51 bits per heavy atom. The average molecular weight is 538 g/mol. The van der Waals surface area contributed by atoms with Crippen molar-refractivity contribution in [3.05, 3.63) is 69.6 Å². The van der Waals surface area contributed by atoms with E-state index in [1.807, 2.05) is 17.4 Å². The van der Waals surface area contributed by atoms with Gasteiger partial charge in [-0.1, -0.05) is 35.9 Å². The smallest absolute Gasteiger partial charge is 0.379 e. The molecule has 1 aromatic heterocycles. The Balaban J connectivity index is 1.59. The second-order valence-corrected chi connectivity index (χ2v) is 9.25. The maximum atomic E-state index is 13.3. The van der Waals surface area contributed by atoms with E-state index in [0.717, 1.165) is 61.0 Å². The molecule has 8 nitrogen and oxygen atoms in total. The zero-order chi connectivity index (χ0) is 26.6. The molecule has 1 aliphatic heterocycles. The van der Waals surface area contributed by atoms with Gasteiger partial charge in [0.2, 0.25) is 5.91 Å². The first-order chi connectivity index (χ1) is 17.6. The summed E-state index contributed by atoms with van der Waals surface area (Å²) in [5.41, 5.74) is 1.33. The predicted octanol–water partition coefficient (Wildman–Crippen LogP) is 3.30. The van der Waals surface area contributed by atoms with E-state index in [0.29, 0.717) is 16.3 Å². The molecule has 2 heterocycles. The summed E-state index contributed by atoms with van der Waals surface area (Å²) in [5, 5.41) is 6.67. The summed E-state index contributed by atoms with van der Waals surface area (Å²) >= 11 is 6.10. The number of ether oxygens (including phenoxy) is 1. The highest BCUT2D eigenvalue weighted by atomic mass is 35.5. The van der Waals surface area contributed by atoms with Crippen LogP contribution in [0.15, 0.2) is 53.3 Å². The highest BCUT2D eigenvalue weighted by Gasteiger charge is 2.37. The van der Waals surface area contributed by atoms with Gasteiger partial charge in [0.15, 0.2) is 5.82 Å². The van der Waals surface area contributed by atoms with E-state index < -0.39 is 30.4 Å². The number of halogens is 4. The van der Waals surface area contributed by atoms with Crippen molar-refractivity contribution >= 4 is 17.5 Å². The minimum atomic E-state index is -4.61. The SMILES string of the molecule is CC(NC(=O)Cn1c(-c2cccc(Cl)c2)nn(-c2ccc(CCN3CCOCC3)cc2)c1=O)C(F)(F)F. The lowest BCUT2D eigenvalue weighted by molar-refractivity contribution is -0.158. The molecule has 1 fully saturated rings. The lowest BCUT2D eigenvalue weighted by atomic mass is 10.1. The van der Waals surface area contributed by atoms with Crippen LogP contribution in [-0.2, 0) is 22.5 Å². The molecule has 1 aliphatic rings. The van der Waals surface area contributed by atoms with Crippen molar-refractivity contribution in [1.29, 1.82) is 0 Å². The van der Waals surface area contributed by atoms with Crippen LogP contribution in [0.2, 0.25) is 5.02 Å². The Bertz CT molecular complexity index is 1280. The molecular weight excluding hydrogens is 511 g/mol. The fourth-order valence-corrected chi connectivity index (χ4v) is 4.17. The van der Waals surface area contributed by atoms with Crippen LogP contribution in [0.3, 0.4) is 0 Å². The summed E-state index contributed by atoms with van der Waals surface area (Å²) in [6.45, 7) is 4.33. The molecule has 1 saturated heterocycles. The van der Waals surface area contributed by atoms with Crippen LogP contribution in [0.4, 0.5) is 13.2 Å². The van der Waals surface area contributed by atoms with Gasteiger partial charge in [-0.05, 0) is 43.2 Å². The first kappa shape index (κ1) is 26.9. The zero-order valence-electron chi connectivity index (χ0n) is 20.2. The van der Waals surface area contributed by atoms with E-state index in [-0.39, 0.29) is 5.82 Å². The van der Waals surface area contributed by atoms with Crippen molar-refractivity contribution < 1.29 is 22.7 Å². The van der Waals surface area contributed by atoms with Gasteiger partial charge in [0, 0.05) is 30.2 Å². The number of alkyl halides is 3. The van der Waals surface area contributed by atoms with Crippen molar-refractivity contribution in [2.24, 2.45) is 0 Å². The predicted molar refractivity (Wildman–Crippen MR) is 133 cm³/mol. The third-order valence-corrected chi connectivity index (χ3v) is 6.35. The molecule has 1 amide bonds. The maximum Gasteiger partial charge on any atom is 0.408 e. The van der Waals surface area contributed by atoms with Crippen molar-refractivity contribution in [2.45, 2.75) is 32.1 Å². The molecule has 0 bridgehead atoms. The molecule has 1 N–H and O–H groups in total. The van der Waals surface area contributed by atoms with E-state index in [9.17, 15) is 22.8 Å². The molecule has 3 aromatic rings. The van der Waals surface area contributed by atoms with Crippen molar-refractivity contribution in [1.82, 2.24) is 24.6 Å². The number of hydrogen-bond acceptors (Lipinski definition) is 5. The molecule has 37 heavy (non-hydrogen) atoms. The minimum Gasteiger partial charge on any atom is -0.379 e. The third-order valence-electron chi connectivity index (χ3n) is 6.12. The monoisotopic (exact) mass is 537 g/mol. The maximum absolute atomic E-state index is 13.3. The summed E-state index contributed by atoms with van der Waals surface area (Å²) in [5.74, 6) is -0.855. The lowest BCUT2D eigenvalue weighted by Gasteiger charge is -2.26. The van der Waals surface area contributed by atoms with Gasteiger partial charge in [0.05, 0.1) is 18.9 Å². The average Bonchev–Trinajstić information content (AvgIpc) is 3.19. The number of hydrogen-bond donors (Lipinski definition) is 1. The van der Waals surface area contributed by atoms with Gasteiger partial charge < -0.3 is 10.1 Å². The largest absolute Gasteiger partial charge is 0.408 e. The number of carbonyl (C=O) groups is 1. The van der Waals surface area contributed by atoms with E-state index >= 15 is 0 Å². The van der Waals surface area contributed by atoms with E-state index in [1.54, 1.807) is 36.4 Å². The first-order valence-corrected chi connectivity index (χ1v) is 12.2. The molecule has 0 aliphatic carbocycles. The number of carbonyl (C=O) groups excluding carboxylic acids is 1. The van der Waals surface area contributed by atoms with Gasteiger partial charge in [0.25, 0.3) is 0 Å². The van der Waals surface area contributed by atoms with E-state index in [2.05, 4.69) is 10.00 Å². The van der Waals surface area contributed by atoms with Gasteiger partial charge in [-0.2, -0.15) is 17.9 Å². The van der Waals surface area contributed by atoms with Gasteiger partial charge in [0.1, 0.15) is 12.6 Å².